The van der Waals surface area contributed by atoms with E-state index >= 15 is 0 Å². The highest BCUT2D eigenvalue weighted by Crippen LogP contribution is 2.23. The highest BCUT2D eigenvalue weighted by atomic mass is 35.5. The second-order valence-electron chi connectivity index (χ2n) is 4.92. The van der Waals surface area contributed by atoms with Crippen LogP contribution < -0.4 is 4.90 Å². The van der Waals surface area contributed by atoms with Gasteiger partial charge in [-0.1, -0.05) is 6.92 Å². The molecular weight excluding hydrogens is 248 g/mol. The van der Waals surface area contributed by atoms with Crippen LogP contribution in [0.3, 0.4) is 0 Å². The van der Waals surface area contributed by atoms with E-state index < -0.39 is 0 Å². The topological polar surface area (TPSA) is 32.3 Å². The first-order chi connectivity index (χ1) is 8.61. The maximum absolute atomic E-state index is 5.89. The molecule has 0 unspecified atom stereocenters. The Bertz CT molecular complexity index is 402. The zero-order valence-corrected chi connectivity index (χ0v) is 12.1. The zero-order chi connectivity index (χ0) is 13.1. The molecule has 1 saturated heterocycles. The van der Waals surface area contributed by atoms with Crippen LogP contribution in [0.25, 0.3) is 0 Å². The van der Waals surface area contributed by atoms with Crippen LogP contribution in [0, 0.1) is 6.92 Å². The van der Waals surface area contributed by atoms with Crippen molar-refractivity contribution in [1.29, 1.82) is 0 Å². The normalized spacial score (nSPS) is 18.0. The molecule has 0 aliphatic carbocycles. The Morgan fingerprint density at radius 3 is 2.72 bits per heavy atom. The number of aromatic nitrogens is 2. The lowest BCUT2D eigenvalue weighted by Gasteiger charge is -2.37. The Morgan fingerprint density at radius 2 is 2.11 bits per heavy atom. The number of piperidine rings is 1. The molecule has 1 aliphatic heterocycles. The number of rotatable bonds is 3. The first-order valence-electron chi connectivity index (χ1n) is 6.56. The van der Waals surface area contributed by atoms with Gasteiger partial charge in [-0.15, -0.1) is 0 Å². The summed E-state index contributed by atoms with van der Waals surface area (Å²) in [5.74, 6) is 0.963. The monoisotopic (exact) mass is 268 g/mol. The smallest absolute Gasteiger partial charge is 0.224 e. The maximum Gasteiger partial charge on any atom is 0.224 e. The molecule has 0 bridgehead atoms. The molecule has 18 heavy (non-hydrogen) atoms. The average molecular weight is 269 g/mol. The lowest BCUT2D eigenvalue weighted by atomic mass is 10.0. The van der Waals surface area contributed by atoms with Gasteiger partial charge in [-0.25, -0.2) is 9.97 Å². The van der Waals surface area contributed by atoms with Crippen molar-refractivity contribution in [3.63, 3.8) is 0 Å². The SMILES string of the molecule is CCN1CCC(N(C)c2nc(Cl)ncc2C)CC1. The number of anilines is 1. The van der Waals surface area contributed by atoms with Gasteiger partial charge in [-0.05, 0) is 37.9 Å². The summed E-state index contributed by atoms with van der Waals surface area (Å²) >= 11 is 5.89. The van der Waals surface area contributed by atoms with E-state index in [9.17, 15) is 0 Å². The number of hydrogen-bond donors (Lipinski definition) is 0. The summed E-state index contributed by atoms with van der Waals surface area (Å²) < 4.78 is 0. The van der Waals surface area contributed by atoms with E-state index in [0.717, 1.165) is 17.9 Å². The molecular formula is C13H21ClN4. The molecule has 1 aromatic rings. The van der Waals surface area contributed by atoms with Gasteiger partial charge in [0.2, 0.25) is 5.28 Å². The van der Waals surface area contributed by atoms with Crippen molar-refractivity contribution in [3.8, 4) is 0 Å². The predicted octanol–water partition coefficient (Wildman–Crippen LogP) is 2.36. The Balaban J connectivity index is 2.07. The van der Waals surface area contributed by atoms with Crippen LogP contribution in [0.4, 0.5) is 5.82 Å². The molecule has 100 valence electrons. The fourth-order valence-electron chi connectivity index (χ4n) is 2.57. The second kappa shape index (κ2) is 5.85. The van der Waals surface area contributed by atoms with E-state index in [1.54, 1.807) is 6.20 Å². The summed E-state index contributed by atoms with van der Waals surface area (Å²) in [6, 6.07) is 0.553. The van der Waals surface area contributed by atoms with Crippen LogP contribution in [0.2, 0.25) is 5.28 Å². The standard InChI is InChI=1S/C13H21ClN4/c1-4-18-7-5-11(6-8-18)17(3)12-10(2)9-15-13(14)16-12/h9,11H,4-8H2,1-3H3. The van der Waals surface area contributed by atoms with Gasteiger partial charge in [0.05, 0.1) is 0 Å². The molecule has 0 saturated carbocycles. The van der Waals surface area contributed by atoms with Crippen molar-refractivity contribution in [3.05, 3.63) is 17.0 Å². The van der Waals surface area contributed by atoms with Gasteiger partial charge in [-0.2, -0.15) is 0 Å². The number of aryl methyl sites for hydroxylation is 1. The first kappa shape index (κ1) is 13.6. The highest BCUT2D eigenvalue weighted by Gasteiger charge is 2.23. The van der Waals surface area contributed by atoms with Crippen LogP contribution in [0.1, 0.15) is 25.3 Å². The Morgan fingerprint density at radius 1 is 1.44 bits per heavy atom. The van der Waals surface area contributed by atoms with Gasteiger partial charge >= 0.3 is 0 Å². The minimum atomic E-state index is 0.327. The average Bonchev–Trinajstić information content (AvgIpc) is 2.41. The van der Waals surface area contributed by atoms with Gasteiger partial charge in [-0.3, -0.25) is 0 Å². The molecule has 0 N–H and O–H groups in total. The molecule has 0 aromatic carbocycles. The Hall–Kier alpha value is -0.870. The highest BCUT2D eigenvalue weighted by molar-refractivity contribution is 6.28. The van der Waals surface area contributed by atoms with Crippen LogP contribution in [0.5, 0.6) is 0 Å². The summed E-state index contributed by atoms with van der Waals surface area (Å²) in [5, 5.41) is 0.327. The van der Waals surface area contributed by atoms with Crippen LogP contribution in [-0.2, 0) is 0 Å². The maximum atomic E-state index is 5.89. The fourth-order valence-corrected chi connectivity index (χ4v) is 2.69. The van der Waals surface area contributed by atoms with E-state index in [-0.39, 0.29) is 0 Å². The molecule has 1 aliphatic rings. The summed E-state index contributed by atoms with van der Waals surface area (Å²) in [6.07, 6.45) is 4.17. The molecule has 2 rings (SSSR count). The third kappa shape index (κ3) is 2.93. The van der Waals surface area contributed by atoms with Crippen molar-refractivity contribution in [1.82, 2.24) is 14.9 Å². The molecule has 1 fully saturated rings. The lowest BCUT2D eigenvalue weighted by Crippen LogP contribution is -2.43. The zero-order valence-electron chi connectivity index (χ0n) is 11.4. The van der Waals surface area contributed by atoms with Crippen LogP contribution in [0.15, 0.2) is 6.20 Å². The van der Waals surface area contributed by atoms with Crippen molar-refractivity contribution in [2.24, 2.45) is 0 Å². The van der Waals surface area contributed by atoms with E-state index in [1.807, 2.05) is 6.92 Å². The molecule has 1 aromatic heterocycles. The van der Waals surface area contributed by atoms with Crippen LogP contribution in [-0.4, -0.2) is 47.6 Å². The molecule has 4 nitrogen and oxygen atoms in total. The van der Waals surface area contributed by atoms with Crippen molar-refractivity contribution < 1.29 is 0 Å². The third-order valence-corrected chi connectivity index (χ3v) is 3.98. The third-order valence-electron chi connectivity index (χ3n) is 3.80. The molecule has 5 heteroatoms. The summed E-state index contributed by atoms with van der Waals surface area (Å²) in [6.45, 7) is 7.74. The Kier molecular flexibility index (Phi) is 4.40. The number of halogens is 1. The van der Waals surface area contributed by atoms with Crippen molar-refractivity contribution in [2.75, 3.05) is 31.6 Å². The van der Waals surface area contributed by atoms with Gasteiger partial charge < -0.3 is 9.80 Å². The lowest BCUT2D eigenvalue weighted by molar-refractivity contribution is 0.220. The van der Waals surface area contributed by atoms with Crippen molar-refractivity contribution in [2.45, 2.75) is 32.7 Å². The minimum absolute atomic E-state index is 0.327. The van der Waals surface area contributed by atoms with Gasteiger partial charge in [0.25, 0.3) is 0 Å². The number of hydrogen-bond acceptors (Lipinski definition) is 4. The number of nitrogens with zero attached hydrogens (tertiary/aromatic N) is 4. The molecule has 0 atom stereocenters. The van der Waals surface area contributed by atoms with Gasteiger partial charge in [0.15, 0.2) is 0 Å². The molecule has 0 radical (unpaired) electrons. The van der Waals surface area contributed by atoms with Crippen LogP contribution >= 0.6 is 11.6 Å². The first-order valence-corrected chi connectivity index (χ1v) is 6.94. The fraction of sp³-hybridized carbons (Fsp3) is 0.692. The molecule has 0 amide bonds. The Labute approximate surface area is 114 Å². The quantitative estimate of drug-likeness (QED) is 0.788. The summed E-state index contributed by atoms with van der Waals surface area (Å²) in [7, 11) is 2.11. The molecule has 0 spiro atoms. The summed E-state index contributed by atoms with van der Waals surface area (Å²) in [4.78, 5) is 13.1. The number of likely N-dealkylation sites (tertiary alicyclic amines) is 1. The summed E-state index contributed by atoms with van der Waals surface area (Å²) in [5.41, 5.74) is 1.08. The van der Waals surface area contributed by atoms with E-state index in [1.165, 1.54) is 25.9 Å². The van der Waals surface area contributed by atoms with E-state index in [4.69, 9.17) is 11.6 Å². The van der Waals surface area contributed by atoms with Gasteiger partial charge in [0, 0.05) is 37.9 Å². The molecule has 2 heterocycles. The second-order valence-corrected chi connectivity index (χ2v) is 5.26. The van der Waals surface area contributed by atoms with Crippen molar-refractivity contribution >= 4 is 17.4 Å². The predicted molar refractivity (Wildman–Crippen MR) is 75.3 cm³/mol. The van der Waals surface area contributed by atoms with E-state index in [2.05, 4.69) is 33.7 Å². The minimum Gasteiger partial charge on any atom is -0.356 e. The van der Waals surface area contributed by atoms with Gasteiger partial charge in [0.1, 0.15) is 5.82 Å². The largest absolute Gasteiger partial charge is 0.356 e. The van der Waals surface area contributed by atoms with E-state index in [0.29, 0.717) is 11.3 Å².